The third-order valence-corrected chi connectivity index (χ3v) is 3.63. The molecule has 0 radical (unpaired) electrons. The summed E-state index contributed by atoms with van der Waals surface area (Å²) >= 11 is 0. The molecule has 0 spiro atoms. The van der Waals surface area contributed by atoms with Crippen molar-refractivity contribution in [3.8, 4) is 0 Å². The van der Waals surface area contributed by atoms with Gasteiger partial charge in [-0.3, -0.25) is 0 Å². The molecule has 1 aromatic rings. The molecule has 1 atom stereocenters. The Kier molecular flexibility index (Phi) is 6.47. The van der Waals surface area contributed by atoms with Crippen LogP contribution in [0.25, 0.3) is 0 Å². The van der Waals surface area contributed by atoms with Crippen LogP contribution in [0.2, 0.25) is 0 Å². The van der Waals surface area contributed by atoms with E-state index >= 15 is 0 Å². The van der Waals surface area contributed by atoms with E-state index < -0.39 is 0 Å². The molecule has 1 rings (SSSR count). The van der Waals surface area contributed by atoms with E-state index in [1.54, 1.807) is 0 Å². The van der Waals surface area contributed by atoms with Crippen LogP contribution in [0.1, 0.15) is 52.2 Å². The first-order valence-corrected chi connectivity index (χ1v) is 7.73. The van der Waals surface area contributed by atoms with Gasteiger partial charge in [0.05, 0.1) is 0 Å². The van der Waals surface area contributed by atoms with Gasteiger partial charge in [0, 0.05) is 31.9 Å². The second-order valence-corrected chi connectivity index (χ2v) is 6.61. The van der Waals surface area contributed by atoms with Crippen LogP contribution in [0.5, 0.6) is 0 Å². The number of hydrogen-bond acceptors (Lipinski definition) is 3. The standard InChI is InChI=1S/C17H31N3/c1-12(2)8-15(6)20(7)17-14(5)9-16(11-19-17)10-18-13(3)4/h9,11-13,15,18H,8,10H2,1-7H3. The summed E-state index contributed by atoms with van der Waals surface area (Å²) in [7, 11) is 2.15. The van der Waals surface area contributed by atoms with Crippen molar-refractivity contribution in [2.24, 2.45) is 5.92 Å². The van der Waals surface area contributed by atoms with Gasteiger partial charge >= 0.3 is 0 Å². The summed E-state index contributed by atoms with van der Waals surface area (Å²) in [4.78, 5) is 6.97. The monoisotopic (exact) mass is 277 g/mol. The smallest absolute Gasteiger partial charge is 0.131 e. The highest BCUT2D eigenvalue weighted by Gasteiger charge is 2.15. The number of nitrogens with one attached hydrogen (secondary N) is 1. The van der Waals surface area contributed by atoms with Gasteiger partial charge in [0.25, 0.3) is 0 Å². The van der Waals surface area contributed by atoms with Crippen molar-refractivity contribution in [1.29, 1.82) is 0 Å². The predicted molar refractivity (Wildman–Crippen MR) is 88.3 cm³/mol. The lowest BCUT2D eigenvalue weighted by molar-refractivity contribution is 0.501. The van der Waals surface area contributed by atoms with E-state index in [0.29, 0.717) is 18.0 Å². The van der Waals surface area contributed by atoms with E-state index in [4.69, 9.17) is 0 Å². The van der Waals surface area contributed by atoms with Crippen LogP contribution in [0.4, 0.5) is 5.82 Å². The zero-order chi connectivity index (χ0) is 15.3. The Hall–Kier alpha value is -1.09. The maximum atomic E-state index is 4.67. The van der Waals surface area contributed by atoms with Crippen LogP contribution in [-0.4, -0.2) is 24.1 Å². The summed E-state index contributed by atoms with van der Waals surface area (Å²) in [5, 5.41) is 3.43. The molecule has 0 saturated carbocycles. The minimum atomic E-state index is 0.503. The Morgan fingerprint density at radius 2 is 1.85 bits per heavy atom. The summed E-state index contributed by atoms with van der Waals surface area (Å²) < 4.78 is 0. The molecule has 1 aromatic heterocycles. The molecule has 0 aliphatic rings. The molecule has 3 heteroatoms. The number of anilines is 1. The van der Waals surface area contributed by atoms with Gasteiger partial charge in [-0.2, -0.15) is 0 Å². The topological polar surface area (TPSA) is 28.2 Å². The van der Waals surface area contributed by atoms with Crippen LogP contribution < -0.4 is 10.2 Å². The third kappa shape index (κ3) is 5.12. The molecule has 114 valence electrons. The summed E-state index contributed by atoms with van der Waals surface area (Å²) in [6.45, 7) is 14.2. The van der Waals surface area contributed by atoms with E-state index in [1.165, 1.54) is 17.5 Å². The molecule has 3 nitrogen and oxygen atoms in total. The van der Waals surface area contributed by atoms with Crippen LogP contribution in [-0.2, 0) is 6.54 Å². The maximum Gasteiger partial charge on any atom is 0.131 e. The molecule has 0 bridgehead atoms. The Morgan fingerprint density at radius 3 is 2.35 bits per heavy atom. The maximum absolute atomic E-state index is 4.67. The van der Waals surface area contributed by atoms with Gasteiger partial charge in [0.15, 0.2) is 0 Å². The molecule has 1 unspecified atom stereocenters. The first-order chi connectivity index (χ1) is 9.31. The average Bonchev–Trinajstić information content (AvgIpc) is 2.34. The van der Waals surface area contributed by atoms with E-state index in [-0.39, 0.29) is 0 Å². The third-order valence-electron chi connectivity index (χ3n) is 3.63. The average molecular weight is 277 g/mol. The van der Waals surface area contributed by atoms with Crippen molar-refractivity contribution in [3.63, 3.8) is 0 Å². The fourth-order valence-corrected chi connectivity index (χ4v) is 2.46. The Morgan fingerprint density at radius 1 is 1.20 bits per heavy atom. The van der Waals surface area contributed by atoms with E-state index in [1.807, 2.05) is 6.20 Å². The fraction of sp³-hybridized carbons (Fsp3) is 0.706. The van der Waals surface area contributed by atoms with Crippen molar-refractivity contribution in [2.45, 2.75) is 66.6 Å². The van der Waals surface area contributed by atoms with Gasteiger partial charge in [0.1, 0.15) is 5.82 Å². The normalized spacial score (nSPS) is 13.1. The van der Waals surface area contributed by atoms with Gasteiger partial charge < -0.3 is 10.2 Å². The number of pyridine rings is 1. The van der Waals surface area contributed by atoms with Crippen LogP contribution >= 0.6 is 0 Å². The number of hydrogen-bond donors (Lipinski definition) is 1. The lowest BCUT2D eigenvalue weighted by Crippen LogP contribution is -2.31. The molecular formula is C17H31N3. The van der Waals surface area contributed by atoms with E-state index in [2.05, 4.69) is 69.9 Å². The minimum absolute atomic E-state index is 0.503. The Bertz CT molecular complexity index is 413. The van der Waals surface area contributed by atoms with Crippen molar-refractivity contribution in [1.82, 2.24) is 10.3 Å². The largest absolute Gasteiger partial charge is 0.357 e. The van der Waals surface area contributed by atoms with Crippen LogP contribution in [0.15, 0.2) is 12.3 Å². The molecule has 1 N–H and O–H groups in total. The van der Waals surface area contributed by atoms with Gasteiger partial charge in [-0.1, -0.05) is 27.7 Å². The molecule has 20 heavy (non-hydrogen) atoms. The van der Waals surface area contributed by atoms with Crippen molar-refractivity contribution in [2.75, 3.05) is 11.9 Å². The lowest BCUT2D eigenvalue weighted by Gasteiger charge is -2.28. The molecule has 0 aliphatic heterocycles. The number of aromatic nitrogens is 1. The van der Waals surface area contributed by atoms with E-state index in [0.717, 1.165) is 12.4 Å². The summed E-state index contributed by atoms with van der Waals surface area (Å²) in [6.07, 6.45) is 3.19. The SMILES string of the molecule is Cc1cc(CNC(C)C)cnc1N(C)C(C)CC(C)C. The molecule has 0 saturated heterocycles. The Balaban J connectivity index is 2.76. The van der Waals surface area contributed by atoms with Gasteiger partial charge in [-0.25, -0.2) is 4.98 Å². The molecule has 1 heterocycles. The summed E-state index contributed by atoms with van der Waals surface area (Å²) in [6, 6.07) is 3.26. The van der Waals surface area contributed by atoms with Crippen LogP contribution in [0, 0.1) is 12.8 Å². The minimum Gasteiger partial charge on any atom is -0.357 e. The van der Waals surface area contributed by atoms with Crippen molar-refractivity contribution in [3.05, 3.63) is 23.4 Å². The summed E-state index contributed by atoms with van der Waals surface area (Å²) in [5.41, 5.74) is 2.51. The first-order valence-electron chi connectivity index (χ1n) is 7.73. The van der Waals surface area contributed by atoms with E-state index in [9.17, 15) is 0 Å². The highest BCUT2D eigenvalue weighted by molar-refractivity contribution is 5.47. The molecule has 0 aromatic carbocycles. The molecule has 0 fully saturated rings. The van der Waals surface area contributed by atoms with Gasteiger partial charge in [-0.15, -0.1) is 0 Å². The Labute approximate surface area is 124 Å². The van der Waals surface area contributed by atoms with Crippen molar-refractivity contribution < 1.29 is 0 Å². The second-order valence-electron chi connectivity index (χ2n) is 6.61. The molecular weight excluding hydrogens is 246 g/mol. The highest BCUT2D eigenvalue weighted by atomic mass is 15.2. The van der Waals surface area contributed by atoms with Crippen LogP contribution in [0.3, 0.4) is 0 Å². The van der Waals surface area contributed by atoms with Crippen molar-refractivity contribution >= 4 is 5.82 Å². The van der Waals surface area contributed by atoms with Gasteiger partial charge in [0.2, 0.25) is 0 Å². The summed E-state index contributed by atoms with van der Waals surface area (Å²) in [5.74, 6) is 1.81. The number of rotatable bonds is 7. The zero-order valence-corrected chi connectivity index (χ0v) is 14.2. The molecule has 0 aliphatic carbocycles. The quantitative estimate of drug-likeness (QED) is 0.822. The first kappa shape index (κ1) is 17.0. The fourth-order valence-electron chi connectivity index (χ4n) is 2.46. The number of nitrogens with zero attached hydrogens (tertiary/aromatic N) is 2. The highest BCUT2D eigenvalue weighted by Crippen LogP contribution is 2.21. The lowest BCUT2D eigenvalue weighted by atomic mass is 10.0. The molecule has 0 amide bonds. The second kappa shape index (κ2) is 7.63. The zero-order valence-electron chi connectivity index (χ0n) is 14.2. The predicted octanol–water partition coefficient (Wildman–Crippen LogP) is 3.76. The van der Waals surface area contributed by atoms with Gasteiger partial charge in [-0.05, 0) is 43.4 Å². The number of aryl methyl sites for hydroxylation is 1.